The normalized spacial score (nSPS) is 10.8. The summed E-state index contributed by atoms with van der Waals surface area (Å²) in [7, 11) is 1.82. The summed E-state index contributed by atoms with van der Waals surface area (Å²) in [6, 6.07) is 5.36. The Morgan fingerprint density at radius 2 is 2.22 bits per heavy atom. The first kappa shape index (κ1) is 12.8. The third kappa shape index (κ3) is 2.96. The summed E-state index contributed by atoms with van der Waals surface area (Å²) in [5.74, 6) is -0.196. The average molecular weight is 247 g/mol. The van der Waals surface area contributed by atoms with Crippen molar-refractivity contribution in [1.29, 1.82) is 0 Å². The molecule has 0 atom stereocenters. The molecular weight excluding hydrogens is 229 g/mol. The number of aryl methyl sites for hydroxylation is 1. The molecule has 0 unspecified atom stereocenters. The van der Waals surface area contributed by atoms with E-state index < -0.39 is 0 Å². The molecule has 0 saturated carbocycles. The fourth-order valence-corrected chi connectivity index (χ4v) is 1.87. The fraction of sp³-hybridized carbons (Fsp3) is 0.357. The highest BCUT2D eigenvalue weighted by molar-refractivity contribution is 5.62. The van der Waals surface area contributed by atoms with Crippen LogP contribution in [0.5, 0.6) is 0 Å². The van der Waals surface area contributed by atoms with Crippen LogP contribution in [-0.2, 0) is 13.6 Å². The van der Waals surface area contributed by atoms with E-state index in [1.807, 2.05) is 25.4 Å². The van der Waals surface area contributed by atoms with Gasteiger partial charge in [-0.2, -0.15) is 5.10 Å². The molecule has 0 radical (unpaired) electrons. The second kappa shape index (κ2) is 5.78. The largest absolute Gasteiger partial charge is 0.313 e. The first-order valence-electron chi connectivity index (χ1n) is 6.19. The van der Waals surface area contributed by atoms with E-state index in [2.05, 4.69) is 17.3 Å². The second-order valence-electron chi connectivity index (χ2n) is 4.39. The zero-order valence-electron chi connectivity index (χ0n) is 10.8. The van der Waals surface area contributed by atoms with Crippen molar-refractivity contribution >= 4 is 0 Å². The van der Waals surface area contributed by atoms with Crippen LogP contribution in [0, 0.1) is 5.82 Å². The van der Waals surface area contributed by atoms with E-state index >= 15 is 0 Å². The van der Waals surface area contributed by atoms with Crippen molar-refractivity contribution in [3.05, 3.63) is 42.0 Å². The number of hydrogen-bond acceptors (Lipinski definition) is 2. The molecule has 0 aliphatic heterocycles. The molecule has 3 nitrogen and oxygen atoms in total. The molecule has 0 aliphatic rings. The number of hydrogen-bond donors (Lipinski definition) is 1. The third-order valence-corrected chi connectivity index (χ3v) is 2.81. The Hall–Kier alpha value is -1.68. The van der Waals surface area contributed by atoms with Gasteiger partial charge < -0.3 is 5.32 Å². The van der Waals surface area contributed by atoms with Gasteiger partial charge in [0, 0.05) is 30.9 Å². The number of halogens is 1. The van der Waals surface area contributed by atoms with Crippen LogP contribution in [0.25, 0.3) is 11.1 Å². The van der Waals surface area contributed by atoms with E-state index in [1.54, 1.807) is 16.9 Å². The highest BCUT2D eigenvalue weighted by Crippen LogP contribution is 2.22. The first-order valence-corrected chi connectivity index (χ1v) is 6.19. The maximum atomic E-state index is 14.0. The lowest BCUT2D eigenvalue weighted by molar-refractivity contribution is 0.622. The lowest BCUT2D eigenvalue weighted by atomic mass is 10.1. The number of aromatic nitrogens is 2. The SMILES string of the molecule is CCCNCc1ccc(-c2cnn(C)c2)c(F)c1. The van der Waals surface area contributed by atoms with Crippen molar-refractivity contribution in [3.63, 3.8) is 0 Å². The van der Waals surface area contributed by atoms with Crippen molar-refractivity contribution in [2.75, 3.05) is 6.54 Å². The Labute approximate surface area is 107 Å². The van der Waals surface area contributed by atoms with Gasteiger partial charge in [-0.3, -0.25) is 4.68 Å². The van der Waals surface area contributed by atoms with E-state index in [4.69, 9.17) is 0 Å². The highest BCUT2D eigenvalue weighted by Gasteiger charge is 2.07. The molecular formula is C14H18FN3. The van der Waals surface area contributed by atoms with E-state index in [9.17, 15) is 4.39 Å². The molecule has 1 heterocycles. The molecule has 0 saturated heterocycles. The van der Waals surface area contributed by atoms with Crippen LogP contribution in [0.2, 0.25) is 0 Å². The van der Waals surface area contributed by atoms with Gasteiger partial charge in [0.05, 0.1) is 6.20 Å². The topological polar surface area (TPSA) is 29.9 Å². The quantitative estimate of drug-likeness (QED) is 0.823. The van der Waals surface area contributed by atoms with Gasteiger partial charge in [0.2, 0.25) is 0 Å². The first-order chi connectivity index (χ1) is 8.70. The van der Waals surface area contributed by atoms with E-state index in [0.717, 1.165) is 24.1 Å². The van der Waals surface area contributed by atoms with E-state index in [0.29, 0.717) is 12.1 Å². The van der Waals surface area contributed by atoms with Gasteiger partial charge in [-0.1, -0.05) is 19.1 Å². The Balaban J connectivity index is 2.15. The van der Waals surface area contributed by atoms with Crippen molar-refractivity contribution in [1.82, 2.24) is 15.1 Å². The molecule has 96 valence electrons. The number of nitrogens with zero attached hydrogens (tertiary/aromatic N) is 2. The molecule has 4 heteroatoms. The molecule has 0 amide bonds. The molecule has 1 N–H and O–H groups in total. The van der Waals surface area contributed by atoms with Gasteiger partial charge in [0.25, 0.3) is 0 Å². The van der Waals surface area contributed by atoms with Gasteiger partial charge in [-0.25, -0.2) is 4.39 Å². The van der Waals surface area contributed by atoms with Gasteiger partial charge in [-0.05, 0) is 24.6 Å². The predicted molar refractivity (Wildman–Crippen MR) is 70.6 cm³/mol. The summed E-state index contributed by atoms with van der Waals surface area (Å²) >= 11 is 0. The summed E-state index contributed by atoms with van der Waals surface area (Å²) in [5, 5.41) is 7.31. The lowest BCUT2D eigenvalue weighted by Crippen LogP contribution is -2.13. The van der Waals surface area contributed by atoms with Crippen LogP contribution in [0.1, 0.15) is 18.9 Å². The van der Waals surface area contributed by atoms with Gasteiger partial charge in [-0.15, -0.1) is 0 Å². The van der Waals surface area contributed by atoms with Crippen LogP contribution < -0.4 is 5.32 Å². The number of rotatable bonds is 5. The summed E-state index contributed by atoms with van der Waals surface area (Å²) in [6.45, 7) is 3.77. The Kier molecular flexibility index (Phi) is 4.10. The summed E-state index contributed by atoms with van der Waals surface area (Å²) in [5.41, 5.74) is 2.37. The fourth-order valence-electron chi connectivity index (χ4n) is 1.87. The minimum absolute atomic E-state index is 0.196. The molecule has 1 aromatic heterocycles. The number of nitrogens with one attached hydrogen (secondary N) is 1. The zero-order chi connectivity index (χ0) is 13.0. The molecule has 2 aromatic rings. The average Bonchev–Trinajstić information content (AvgIpc) is 2.76. The summed E-state index contributed by atoms with van der Waals surface area (Å²) < 4.78 is 15.7. The maximum Gasteiger partial charge on any atom is 0.131 e. The van der Waals surface area contributed by atoms with Crippen molar-refractivity contribution in [2.24, 2.45) is 7.05 Å². The Bertz CT molecular complexity index is 520. The number of benzene rings is 1. The van der Waals surface area contributed by atoms with E-state index in [-0.39, 0.29) is 5.82 Å². The monoisotopic (exact) mass is 247 g/mol. The molecule has 18 heavy (non-hydrogen) atoms. The lowest BCUT2D eigenvalue weighted by Gasteiger charge is -2.06. The molecule has 2 rings (SSSR count). The van der Waals surface area contributed by atoms with Crippen molar-refractivity contribution in [3.8, 4) is 11.1 Å². The summed E-state index contributed by atoms with van der Waals surface area (Å²) in [6.07, 6.45) is 4.57. The maximum absolute atomic E-state index is 14.0. The van der Waals surface area contributed by atoms with E-state index in [1.165, 1.54) is 0 Å². The molecule has 1 aromatic carbocycles. The van der Waals surface area contributed by atoms with Gasteiger partial charge in [0.15, 0.2) is 0 Å². The molecule has 0 aliphatic carbocycles. The van der Waals surface area contributed by atoms with Crippen LogP contribution in [0.15, 0.2) is 30.6 Å². The van der Waals surface area contributed by atoms with Crippen LogP contribution in [0.3, 0.4) is 0 Å². The Morgan fingerprint density at radius 1 is 1.39 bits per heavy atom. The minimum Gasteiger partial charge on any atom is -0.313 e. The Morgan fingerprint density at radius 3 is 2.83 bits per heavy atom. The third-order valence-electron chi connectivity index (χ3n) is 2.81. The van der Waals surface area contributed by atoms with Gasteiger partial charge in [0.1, 0.15) is 5.82 Å². The summed E-state index contributed by atoms with van der Waals surface area (Å²) in [4.78, 5) is 0. The minimum atomic E-state index is -0.196. The highest BCUT2D eigenvalue weighted by atomic mass is 19.1. The van der Waals surface area contributed by atoms with Crippen LogP contribution >= 0.6 is 0 Å². The van der Waals surface area contributed by atoms with Gasteiger partial charge >= 0.3 is 0 Å². The van der Waals surface area contributed by atoms with Crippen LogP contribution in [-0.4, -0.2) is 16.3 Å². The zero-order valence-corrected chi connectivity index (χ0v) is 10.8. The smallest absolute Gasteiger partial charge is 0.131 e. The molecule has 0 bridgehead atoms. The van der Waals surface area contributed by atoms with Crippen LogP contribution in [0.4, 0.5) is 4.39 Å². The van der Waals surface area contributed by atoms with Crippen molar-refractivity contribution in [2.45, 2.75) is 19.9 Å². The second-order valence-corrected chi connectivity index (χ2v) is 4.39. The molecule has 0 fully saturated rings. The molecule has 0 spiro atoms. The predicted octanol–water partition coefficient (Wildman–Crippen LogP) is 2.73. The standard InChI is InChI=1S/C14H18FN3/c1-3-6-16-8-11-4-5-13(14(15)7-11)12-9-17-18(2)10-12/h4-5,7,9-10,16H,3,6,8H2,1-2H3. The van der Waals surface area contributed by atoms with Crippen molar-refractivity contribution < 1.29 is 4.39 Å².